The van der Waals surface area contributed by atoms with Crippen LogP contribution in [0.4, 0.5) is 0 Å². The molecule has 288 valence electrons. The molecule has 3 atom stereocenters. The monoisotopic (exact) mass is 727 g/mol. The van der Waals surface area contributed by atoms with E-state index >= 15 is 0 Å². The number of carboxylic acids is 2. The van der Waals surface area contributed by atoms with Gasteiger partial charge in [0.2, 0.25) is 23.6 Å². The Morgan fingerprint density at radius 2 is 1.42 bits per heavy atom. The lowest BCUT2D eigenvalue weighted by Crippen LogP contribution is -2.54. The number of aryl methyl sites for hydroxylation is 2. The Hall–Kier alpha value is -4.79. The summed E-state index contributed by atoms with van der Waals surface area (Å²) in [4.78, 5) is 75.3. The number of carbonyl (C=O) groups is 6. The Kier molecular flexibility index (Phi) is 19.1. The maximum atomic E-state index is 13.2. The molecule has 1 aliphatic heterocycles. The Morgan fingerprint density at radius 3 is 2.06 bits per heavy atom. The van der Waals surface area contributed by atoms with Crippen LogP contribution in [0.1, 0.15) is 96.6 Å². The molecule has 1 aliphatic rings. The first-order valence-electron chi connectivity index (χ1n) is 18.0. The van der Waals surface area contributed by atoms with Crippen LogP contribution in [0.25, 0.3) is 0 Å². The zero-order valence-electron chi connectivity index (χ0n) is 31.1. The second kappa shape index (κ2) is 22.9. The SMILES string of the molecule is Cc1ccc(CCCC(=O)NC(CCC(=O)O)C(=O)NC(CC(=O)NC(CCCCN2C=C(CNC(C)C)CC=N2)C(=O)NC(C)C)C(=O)O)cc1. The van der Waals surface area contributed by atoms with Gasteiger partial charge < -0.3 is 36.8 Å². The van der Waals surface area contributed by atoms with E-state index in [9.17, 15) is 39.0 Å². The number of hydrogen-bond acceptors (Lipinski definition) is 9. The fourth-order valence-corrected chi connectivity index (χ4v) is 5.33. The number of carboxylic acid groups (broad SMARTS) is 2. The van der Waals surface area contributed by atoms with Crippen molar-refractivity contribution in [3.05, 3.63) is 47.2 Å². The summed E-state index contributed by atoms with van der Waals surface area (Å²) in [5, 5.41) is 38.9. The third-order valence-electron chi connectivity index (χ3n) is 8.16. The molecule has 0 bridgehead atoms. The van der Waals surface area contributed by atoms with Gasteiger partial charge in [0.05, 0.1) is 6.42 Å². The van der Waals surface area contributed by atoms with Gasteiger partial charge in [-0.2, -0.15) is 5.10 Å². The predicted octanol–water partition coefficient (Wildman–Crippen LogP) is 2.38. The quantitative estimate of drug-likeness (QED) is 0.0772. The van der Waals surface area contributed by atoms with Crippen molar-refractivity contribution in [2.75, 3.05) is 13.1 Å². The molecule has 0 aliphatic carbocycles. The second-order valence-corrected chi connectivity index (χ2v) is 13.8. The number of carbonyl (C=O) groups excluding carboxylic acids is 4. The summed E-state index contributed by atoms with van der Waals surface area (Å²) in [5.74, 6) is -5.32. The van der Waals surface area contributed by atoms with Gasteiger partial charge >= 0.3 is 11.9 Å². The number of amides is 4. The Labute approximate surface area is 306 Å². The fraction of sp³-hybridized carbons (Fsp3) is 0.595. The number of nitrogens with one attached hydrogen (secondary N) is 5. The first-order chi connectivity index (χ1) is 24.6. The Bertz CT molecular complexity index is 1410. The molecule has 0 saturated carbocycles. The molecule has 0 saturated heterocycles. The first kappa shape index (κ1) is 43.4. The van der Waals surface area contributed by atoms with Crippen molar-refractivity contribution in [1.82, 2.24) is 31.6 Å². The third kappa shape index (κ3) is 17.9. The highest BCUT2D eigenvalue weighted by atomic mass is 16.4. The van der Waals surface area contributed by atoms with Gasteiger partial charge in [-0.15, -0.1) is 0 Å². The molecule has 7 N–H and O–H groups in total. The van der Waals surface area contributed by atoms with Gasteiger partial charge in [0.1, 0.15) is 18.1 Å². The van der Waals surface area contributed by atoms with E-state index in [4.69, 9.17) is 0 Å². The van der Waals surface area contributed by atoms with Crippen LogP contribution in [-0.4, -0.2) is 100 Å². The summed E-state index contributed by atoms with van der Waals surface area (Å²) in [6, 6.07) is 4.03. The minimum Gasteiger partial charge on any atom is -0.481 e. The smallest absolute Gasteiger partial charge is 0.326 e. The van der Waals surface area contributed by atoms with E-state index in [-0.39, 0.29) is 25.3 Å². The third-order valence-corrected chi connectivity index (χ3v) is 8.16. The maximum absolute atomic E-state index is 13.2. The van der Waals surface area contributed by atoms with E-state index in [0.29, 0.717) is 38.3 Å². The normalized spacial score (nSPS) is 14.3. The van der Waals surface area contributed by atoms with Crippen molar-refractivity contribution in [2.45, 2.75) is 129 Å². The zero-order chi connectivity index (χ0) is 38.6. The van der Waals surface area contributed by atoms with Crippen LogP contribution in [0.3, 0.4) is 0 Å². The van der Waals surface area contributed by atoms with Crippen LogP contribution in [0.15, 0.2) is 41.1 Å². The van der Waals surface area contributed by atoms with Gasteiger partial charge in [0, 0.05) is 56.9 Å². The number of aliphatic carboxylic acids is 2. The molecular weight excluding hydrogens is 670 g/mol. The average Bonchev–Trinajstić information content (AvgIpc) is 3.07. The molecule has 0 aromatic heterocycles. The summed E-state index contributed by atoms with van der Waals surface area (Å²) in [6.07, 6.45) is 5.87. The second-order valence-electron chi connectivity index (χ2n) is 13.8. The van der Waals surface area contributed by atoms with E-state index in [0.717, 1.165) is 24.1 Å². The van der Waals surface area contributed by atoms with Gasteiger partial charge in [-0.3, -0.25) is 29.0 Å². The lowest BCUT2D eigenvalue weighted by atomic mass is 10.1. The van der Waals surface area contributed by atoms with Gasteiger partial charge in [0.15, 0.2) is 0 Å². The molecule has 0 spiro atoms. The number of hydrazone groups is 1. The molecule has 2 rings (SSSR count). The summed E-state index contributed by atoms with van der Waals surface area (Å²) in [5.41, 5.74) is 3.35. The number of benzene rings is 1. The molecule has 1 aromatic carbocycles. The number of rotatable bonds is 24. The van der Waals surface area contributed by atoms with Gasteiger partial charge in [-0.05, 0) is 70.4 Å². The van der Waals surface area contributed by atoms with E-state index in [1.807, 2.05) is 48.6 Å². The average molecular weight is 728 g/mol. The standard InChI is InChI=1S/C37H57N7O8/c1-24(2)38-22-28-18-19-39-44(23-28)20-7-6-10-29(35(49)40-25(3)4)42-33(46)21-31(37(51)52)43-36(50)30(16-17-34(47)48)41-32(45)11-8-9-27-14-12-26(5)13-15-27/h12-15,19,23-25,29-31,38H,6-11,16-18,20-22H2,1-5H3,(H,40,49)(H,41,45)(H,42,46)(H,43,50)(H,47,48)(H,51,52). The van der Waals surface area contributed by atoms with Crippen molar-refractivity contribution < 1.29 is 39.0 Å². The molecule has 1 aromatic rings. The summed E-state index contributed by atoms with van der Waals surface area (Å²) >= 11 is 0. The van der Waals surface area contributed by atoms with Crippen molar-refractivity contribution in [3.8, 4) is 0 Å². The van der Waals surface area contributed by atoms with E-state index in [1.54, 1.807) is 13.8 Å². The molecule has 52 heavy (non-hydrogen) atoms. The molecule has 3 unspecified atom stereocenters. The molecule has 1 heterocycles. The Morgan fingerprint density at radius 1 is 0.769 bits per heavy atom. The topological polar surface area (TPSA) is 219 Å². The van der Waals surface area contributed by atoms with Crippen LogP contribution in [0, 0.1) is 6.92 Å². The fourth-order valence-electron chi connectivity index (χ4n) is 5.33. The van der Waals surface area contributed by atoms with Crippen LogP contribution in [0.2, 0.25) is 0 Å². The van der Waals surface area contributed by atoms with Gasteiger partial charge in [-0.1, -0.05) is 43.7 Å². The van der Waals surface area contributed by atoms with Gasteiger partial charge in [0.25, 0.3) is 0 Å². The van der Waals surface area contributed by atoms with Crippen LogP contribution in [0.5, 0.6) is 0 Å². The van der Waals surface area contributed by atoms with Crippen molar-refractivity contribution >= 4 is 41.8 Å². The van der Waals surface area contributed by atoms with Crippen LogP contribution < -0.4 is 26.6 Å². The molecule has 4 amide bonds. The lowest BCUT2D eigenvalue weighted by Gasteiger charge is -2.24. The van der Waals surface area contributed by atoms with Crippen molar-refractivity contribution in [1.29, 1.82) is 0 Å². The summed E-state index contributed by atoms with van der Waals surface area (Å²) in [7, 11) is 0. The molecule has 15 nitrogen and oxygen atoms in total. The van der Waals surface area contributed by atoms with Crippen molar-refractivity contribution in [2.24, 2.45) is 5.10 Å². The minimum atomic E-state index is -1.70. The van der Waals surface area contributed by atoms with Gasteiger partial charge in [-0.25, -0.2) is 4.79 Å². The highest BCUT2D eigenvalue weighted by Crippen LogP contribution is 2.12. The molecule has 0 radical (unpaired) electrons. The van der Waals surface area contributed by atoms with Crippen LogP contribution in [-0.2, 0) is 35.2 Å². The lowest BCUT2D eigenvalue weighted by molar-refractivity contribution is -0.144. The van der Waals surface area contributed by atoms with E-state index in [1.165, 1.54) is 5.57 Å². The highest BCUT2D eigenvalue weighted by Gasteiger charge is 2.30. The number of hydrogen-bond donors (Lipinski definition) is 7. The van der Waals surface area contributed by atoms with Crippen molar-refractivity contribution in [3.63, 3.8) is 0 Å². The molecular formula is C37H57N7O8. The molecule has 15 heteroatoms. The largest absolute Gasteiger partial charge is 0.481 e. The maximum Gasteiger partial charge on any atom is 0.326 e. The highest BCUT2D eigenvalue weighted by molar-refractivity contribution is 5.94. The minimum absolute atomic E-state index is 0.0636. The number of nitrogens with zero attached hydrogens (tertiary/aromatic N) is 2. The number of unbranched alkanes of at least 4 members (excludes halogenated alkanes) is 1. The van der Waals surface area contributed by atoms with Crippen LogP contribution >= 0.6 is 0 Å². The molecule has 0 fully saturated rings. The van der Waals surface area contributed by atoms with E-state index in [2.05, 4.69) is 45.5 Å². The van der Waals surface area contributed by atoms with E-state index < -0.39 is 66.5 Å². The first-order valence-corrected chi connectivity index (χ1v) is 18.0. The zero-order valence-corrected chi connectivity index (χ0v) is 31.1. The summed E-state index contributed by atoms with van der Waals surface area (Å²) < 4.78 is 0. The predicted molar refractivity (Wildman–Crippen MR) is 197 cm³/mol. The summed E-state index contributed by atoms with van der Waals surface area (Å²) in [6.45, 7) is 11.1. The Balaban J connectivity index is 1.98.